The highest BCUT2D eigenvalue weighted by Gasteiger charge is 2.13. The molecule has 0 unspecified atom stereocenters. The smallest absolute Gasteiger partial charge is 0.226 e. The number of aromatic nitrogens is 4. The molecule has 7 heteroatoms. The molecule has 1 aromatic carbocycles. The standard InChI is InChI=1S/C14H11ClFN5/c1-2-7-17-12-11-8-18-21(13(11)20-14(15)19-12)10-5-3-9(16)4-6-10/h2-6,8H,1,7H2,(H,17,19,20). The van der Waals surface area contributed by atoms with Crippen LogP contribution >= 0.6 is 11.6 Å². The fraction of sp³-hybridized carbons (Fsp3) is 0.0714. The summed E-state index contributed by atoms with van der Waals surface area (Å²) in [6.45, 7) is 4.19. The number of hydrogen-bond acceptors (Lipinski definition) is 4. The Labute approximate surface area is 125 Å². The van der Waals surface area contributed by atoms with Crippen molar-refractivity contribution in [3.8, 4) is 5.69 Å². The summed E-state index contributed by atoms with van der Waals surface area (Å²) in [7, 11) is 0. The maximum atomic E-state index is 13.0. The van der Waals surface area contributed by atoms with Gasteiger partial charge in [0.1, 0.15) is 11.6 Å². The summed E-state index contributed by atoms with van der Waals surface area (Å²) < 4.78 is 14.6. The quantitative estimate of drug-likeness (QED) is 0.594. The number of rotatable bonds is 4. The Hall–Kier alpha value is -2.47. The molecule has 21 heavy (non-hydrogen) atoms. The van der Waals surface area contributed by atoms with Gasteiger partial charge in [0, 0.05) is 6.54 Å². The number of benzene rings is 1. The molecular formula is C14H11ClFN5. The number of anilines is 1. The van der Waals surface area contributed by atoms with Gasteiger partial charge < -0.3 is 5.32 Å². The third-order valence-electron chi connectivity index (χ3n) is 2.89. The minimum absolute atomic E-state index is 0.109. The lowest BCUT2D eigenvalue weighted by Crippen LogP contribution is -2.03. The number of nitrogens with one attached hydrogen (secondary N) is 1. The van der Waals surface area contributed by atoms with Crippen molar-refractivity contribution in [2.24, 2.45) is 0 Å². The van der Waals surface area contributed by atoms with Crippen LogP contribution in [0.4, 0.5) is 10.2 Å². The number of nitrogens with zero attached hydrogens (tertiary/aromatic N) is 4. The van der Waals surface area contributed by atoms with E-state index in [2.05, 4.69) is 27.0 Å². The molecule has 3 aromatic rings. The molecule has 3 rings (SSSR count). The highest BCUT2D eigenvalue weighted by atomic mass is 35.5. The van der Waals surface area contributed by atoms with Gasteiger partial charge in [0.05, 0.1) is 17.3 Å². The maximum Gasteiger partial charge on any atom is 0.226 e. The second kappa shape index (κ2) is 5.49. The molecule has 0 saturated heterocycles. The first-order chi connectivity index (χ1) is 10.2. The summed E-state index contributed by atoms with van der Waals surface area (Å²) in [6.07, 6.45) is 3.35. The van der Waals surface area contributed by atoms with E-state index in [0.717, 1.165) is 5.39 Å². The third kappa shape index (κ3) is 2.57. The summed E-state index contributed by atoms with van der Waals surface area (Å²) in [4.78, 5) is 8.34. The normalized spacial score (nSPS) is 10.8. The van der Waals surface area contributed by atoms with Crippen LogP contribution in [0.2, 0.25) is 5.28 Å². The zero-order chi connectivity index (χ0) is 14.8. The van der Waals surface area contributed by atoms with Crippen LogP contribution in [-0.2, 0) is 0 Å². The van der Waals surface area contributed by atoms with Crippen molar-refractivity contribution < 1.29 is 4.39 Å². The highest BCUT2D eigenvalue weighted by Crippen LogP contribution is 2.24. The average Bonchev–Trinajstić information content (AvgIpc) is 2.89. The van der Waals surface area contributed by atoms with Crippen molar-refractivity contribution in [1.29, 1.82) is 0 Å². The predicted octanol–water partition coefficient (Wildman–Crippen LogP) is 3.21. The molecule has 0 atom stereocenters. The lowest BCUT2D eigenvalue weighted by atomic mass is 10.3. The zero-order valence-corrected chi connectivity index (χ0v) is 11.7. The molecule has 2 heterocycles. The first kappa shape index (κ1) is 13.5. The van der Waals surface area contributed by atoms with E-state index in [1.807, 2.05) is 0 Å². The van der Waals surface area contributed by atoms with E-state index >= 15 is 0 Å². The minimum atomic E-state index is -0.309. The van der Waals surface area contributed by atoms with E-state index in [0.29, 0.717) is 23.7 Å². The molecule has 1 N–H and O–H groups in total. The molecule has 0 aliphatic carbocycles. The molecule has 106 valence electrons. The van der Waals surface area contributed by atoms with Gasteiger partial charge in [0.15, 0.2) is 5.65 Å². The first-order valence-corrected chi connectivity index (χ1v) is 6.59. The molecule has 2 aromatic heterocycles. The molecule has 0 amide bonds. The SMILES string of the molecule is C=CCNc1nc(Cl)nc2c1cnn2-c1ccc(F)cc1. The van der Waals surface area contributed by atoms with Crippen molar-refractivity contribution >= 4 is 28.5 Å². The van der Waals surface area contributed by atoms with Crippen molar-refractivity contribution in [2.75, 3.05) is 11.9 Å². The van der Waals surface area contributed by atoms with Gasteiger partial charge in [-0.15, -0.1) is 6.58 Å². The second-order valence-electron chi connectivity index (χ2n) is 4.28. The average molecular weight is 304 g/mol. The van der Waals surface area contributed by atoms with Crippen LogP contribution < -0.4 is 5.32 Å². The molecule has 5 nitrogen and oxygen atoms in total. The zero-order valence-electron chi connectivity index (χ0n) is 10.9. The van der Waals surface area contributed by atoms with Gasteiger partial charge in [-0.05, 0) is 35.9 Å². The molecule has 0 bridgehead atoms. The molecule has 0 aliphatic rings. The molecule has 0 saturated carbocycles. The predicted molar refractivity (Wildman–Crippen MR) is 80.3 cm³/mol. The first-order valence-electron chi connectivity index (χ1n) is 6.21. The van der Waals surface area contributed by atoms with Gasteiger partial charge >= 0.3 is 0 Å². The molecule has 0 fully saturated rings. The summed E-state index contributed by atoms with van der Waals surface area (Å²) in [5.41, 5.74) is 1.24. The number of fused-ring (bicyclic) bond motifs is 1. The van der Waals surface area contributed by atoms with E-state index in [-0.39, 0.29) is 11.1 Å². The molecule has 0 spiro atoms. The molecule has 0 radical (unpaired) electrons. The highest BCUT2D eigenvalue weighted by molar-refractivity contribution is 6.28. The van der Waals surface area contributed by atoms with Crippen LogP contribution in [0.25, 0.3) is 16.7 Å². The van der Waals surface area contributed by atoms with Crippen molar-refractivity contribution in [1.82, 2.24) is 19.7 Å². The fourth-order valence-electron chi connectivity index (χ4n) is 1.96. The van der Waals surface area contributed by atoms with Crippen LogP contribution in [0.3, 0.4) is 0 Å². The van der Waals surface area contributed by atoms with Gasteiger partial charge in [0.2, 0.25) is 5.28 Å². The van der Waals surface area contributed by atoms with Gasteiger partial charge in [-0.3, -0.25) is 0 Å². The van der Waals surface area contributed by atoms with Crippen LogP contribution in [0.15, 0.2) is 43.1 Å². The summed E-state index contributed by atoms with van der Waals surface area (Å²) in [6, 6.07) is 5.97. The monoisotopic (exact) mass is 303 g/mol. The Bertz CT molecular complexity index is 797. The van der Waals surface area contributed by atoms with Gasteiger partial charge in [0.25, 0.3) is 0 Å². The van der Waals surface area contributed by atoms with Crippen molar-refractivity contribution in [2.45, 2.75) is 0 Å². The largest absolute Gasteiger partial charge is 0.366 e. The van der Waals surface area contributed by atoms with E-state index < -0.39 is 0 Å². The van der Waals surface area contributed by atoms with E-state index in [4.69, 9.17) is 11.6 Å². The Morgan fingerprint density at radius 3 is 2.76 bits per heavy atom. The van der Waals surface area contributed by atoms with Crippen molar-refractivity contribution in [3.63, 3.8) is 0 Å². The van der Waals surface area contributed by atoms with Crippen LogP contribution in [0.1, 0.15) is 0 Å². The van der Waals surface area contributed by atoms with Crippen molar-refractivity contribution in [3.05, 3.63) is 54.2 Å². The number of hydrogen-bond donors (Lipinski definition) is 1. The third-order valence-corrected chi connectivity index (χ3v) is 3.06. The van der Waals surface area contributed by atoms with Crippen LogP contribution in [-0.4, -0.2) is 26.3 Å². The maximum absolute atomic E-state index is 13.0. The van der Waals surface area contributed by atoms with E-state index in [9.17, 15) is 4.39 Å². The number of halogens is 2. The summed E-state index contributed by atoms with van der Waals surface area (Å²) in [5.74, 6) is 0.273. The lowest BCUT2D eigenvalue weighted by molar-refractivity contribution is 0.627. The van der Waals surface area contributed by atoms with Gasteiger partial charge in [-0.25, -0.2) is 9.07 Å². The second-order valence-corrected chi connectivity index (χ2v) is 4.62. The van der Waals surface area contributed by atoms with Gasteiger partial charge in [-0.1, -0.05) is 6.08 Å². The summed E-state index contributed by atoms with van der Waals surface area (Å²) >= 11 is 5.96. The Balaban J connectivity index is 2.15. The Morgan fingerprint density at radius 2 is 2.05 bits per heavy atom. The lowest BCUT2D eigenvalue weighted by Gasteiger charge is -2.06. The Kier molecular flexibility index (Phi) is 3.53. The fourth-order valence-corrected chi connectivity index (χ4v) is 2.12. The van der Waals surface area contributed by atoms with Crippen LogP contribution in [0, 0.1) is 5.82 Å². The Morgan fingerprint density at radius 1 is 1.29 bits per heavy atom. The van der Waals surface area contributed by atoms with Gasteiger partial charge in [-0.2, -0.15) is 15.1 Å². The minimum Gasteiger partial charge on any atom is -0.366 e. The molecule has 0 aliphatic heterocycles. The van der Waals surface area contributed by atoms with E-state index in [1.165, 1.54) is 12.1 Å². The van der Waals surface area contributed by atoms with E-state index in [1.54, 1.807) is 29.1 Å². The van der Waals surface area contributed by atoms with Crippen LogP contribution in [0.5, 0.6) is 0 Å². The molecular weight excluding hydrogens is 293 g/mol. The summed E-state index contributed by atoms with van der Waals surface area (Å²) in [5, 5.41) is 8.19. The topological polar surface area (TPSA) is 55.6 Å².